The number of amides is 1. The van der Waals surface area contributed by atoms with Crippen molar-refractivity contribution in [2.24, 2.45) is 0 Å². The van der Waals surface area contributed by atoms with E-state index in [0.717, 1.165) is 24.4 Å². The van der Waals surface area contributed by atoms with Gasteiger partial charge in [0.1, 0.15) is 5.75 Å². The second-order valence-corrected chi connectivity index (χ2v) is 3.81. The van der Waals surface area contributed by atoms with Gasteiger partial charge in [-0.15, -0.1) is 12.4 Å². The number of likely N-dealkylation sites (N-methyl/N-ethyl adjacent to an activating group) is 1. The summed E-state index contributed by atoms with van der Waals surface area (Å²) in [7, 11) is 0. The van der Waals surface area contributed by atoms with Gasteiger partial charge in [0.05, 0.1) is 0 Å². The van der Waals surface area contributed by atoms with Crippen LogP contribution in [0.2, 0.25) is 0 Å². The summed E-state index contributed by atoms with van der Waals surface area (Å²) in [5, 5.41) is 5.91. The van der Waals surface area contributed by atoms with Crippen LogP contribution in [0.4, 0.5) is 0 Å². The summed E-state index contributed by atoms with van der Waals surface area (Å²) in [4.78, 5) is 11.4. The van der Waals surface area contributed by atoms with Crippen molar-refractivity contribution >= 4 is 18.3 Å². The van der Waals surface area contributed by atoms with Crippen LogP contribution in [0.5, 0.6) is 5.75 Å². The van der Waals surface area contributed by atoms with Crippen LogP contribution in [0.25, 0.3) is 0 Å². The quantitative estimate of drug-likeness (QED) is 0.740. The third-order valence-electron chi connectivity index (χ3n) is 2.23. The van der Waals surface area contributed by atoms with Gasteiger partial charge in [-0.05, 0) is 31.2 Å². The van der Waals surface area contributed by atoms with Crippen LogP contribution in [0.15, 0.2) is 24.3 Å². The monoisotopic (exact) mass is 272 g/mol. The third-order valence-corrected chi connectivity index (χ3v) is 2.23. The van der Waals surface area contributed by atoms with Crippen LogP contribution >= 0.6 is 12.4 Å². The SMILES string of the molecule is CCNCCNC(=O)COc1cccc(C)c1.Cl. The van der Waals surface area contributed by atoms with E-state index in [1.54, 1.807) is 0 Å². The molecule has 0 aliphatic carbocycles. The summed E-state index contributed by atoms with van der Waals surface area (Å²) in [6, 6.07) is 7.65. The fourth-order valence-electron chi connectivity index (χ4n) is 1.37. The van der Waals surface area contributed by atoms with E-state index in [1.807, 2.05) is 38.1 Å². The number of halogens is 1. The van der Waals surface area contributed by atoms with E-state index in [4.69, 9.17) is 4.74 Å². The Labute approximate surface area is 115 Å². The highest BCUT2D eigenvalue weighted by Crippen LogP contribution is 2.11. The molecule has 0 aliphatic rings. The smallest absolute Gasteiger partial charge is 0.257 e. The topological polar surface area (TPSA) is 50.4 Å². The standard InChI is InChI=1S/C13H20N2O2.ClH/c1-3-14-7-8-15-13(16)10-17-12-6-4-5-11(2)9-12;/h4-6,9,14H,3,7-8,10H2,1-2H3,(H,15,16);1H. The van der Waals surface area contributed by atoms with E-state index >= 15 is 0 Å². The first-order valence-corrected chi connectivity index (χ1v) is 5.89. The van der Waals surface area contributed by atoms with Gasteiger partial charge in [-0.1, -0.05) is 19.1 Å². The molecule has 0 spiro atoms. The van der Waals surface area contributed by atoms with Crippen LogP contribution in [0.1, 0.15) is 12.5 Å². The molecule has 18 heavy (non-hydrogen) atoms. The molecule has 0 unspecified atom stereocenters. The Morgan fingerprint density at radius 2 is 2.11 bits per heavy atom. The molecule has 102 valence electrons. The number of benzene rings is 1. The van der Waals surface area contributed by atoms with Crippen molar-refractivity contribution in [2.75, 3.05) is 26.2 Å². The van der Waals surface area contributed by atoms with Crippen molar-refractivity contribution in [3.63, 3.8) is 0 Å². The lowest BCUT2D eigenvalue weighted by Crippen LogP contribution is -2.34. The number of rotatable bonds is 7. The fourth-order valence-corrected chi connectivity index (χ4v) is 1.37. The average Bonchev–Trinajstić information content (AvgIpc) is 2.32. The van der Waals surface area contributed by atoms with Gasteiger partial charge in [0.2, 0.25) is 0 Å². The molecule has 0 aromatic heterocycles. The molecule has 0 saturated heterocycles. The molecule has 5 heteroatoms. The molecular weight excluding hydrogens is 252 g/mol. The largest absolute Gasteiger partial charge is 0.484 e. The summed E-state index contributed by atoms with van der Waals surface area (Å²) in [5.74, 6) is 0.635. The lowest BCUT2D eigenvalue weighted by atomic mass is 10.2. The second kappa shape index (κ2) is 9.74. The highest BCUT2D eigenvalue weighted by Gasteiger charge is 2.01. The first-order valence-electron chi connectivity index (χ1n) is 5.89. The van der Waals surface area contributed by atoms with Gasteiger partial charge in [0.15, 0.2) is 6.61 Å². The molecule has 0 fully saturated rings. The van der Waals surface area contributed by atoms with Gasteiger partial charge in [0.25, 0.3) is 5.91 Å². The van der Waals surface area contributed by atoms with Gasteiger partial charge in [0, 0.05) is 13.1 Å². The number of carbonyl (C=O) groups is 1. The van der Waals surface area contributed by atoms with Crippen molar-refractivity contribution in [1.29, 1.82) is 0 Å². The maximum atomic E-state index is 11.4. The molecule has 0 saturated carbocycles. The average molecular weight is 273 g/mol. The molecule has 0 atom stereocenters. The van der Waals surface area contributed by atoms with Gasteiger partial charge in [-0.3, -0.25) is 4.79 Å². The number of ether oxygens (including phenoxy) is 1. The van der Waals surface area contributed by atoms with E-state index in [1.165, 1.54) is 0 Å². The summed E-state index contributed by atoms with van der Waals surface area (Å²) < 4.78 is 5.37. The predicted molar refractivity (Wildman–Crippen MR) is 75.5 cm³/mol. The third kappa shape index (κ3) is 7.14. The van der Waals surface area contributed by atoms with E-state index in [-0.39, 0.29) is 24.9 Å². The van der Waals surface area contributed by atoms with Gasteiger partial charge in [-0.2, -0.15) is 0 Å². The Bertz CT molecular complexity index is 359. The van der Waals surface area contributed by atoms with E-state index in [9.17, 15) is 4.79 Å². The molecule has 1 aromatic rings. The molecule has 2 N–H and O–H groups in total. The minimum Gasteiger partial charge on any atom is -0.484 e. The van der Waals surface area contributed by atoms with Crippen LogP contribution in [-0.4, -0.2) is 32.1 Å². The number of aryl methyl sites for hydroxylation is 1. The van der Waals surface area contributed by atoms with Crippen LogP contribution < -0.4 is 15.4 Å². The van der Waals surface area contributed by atoms with E-state index in [2.05, 4.69) is 10.6 Å². The minimum absolute atomic E-state index is 0. The zero-order valence-corrected chi connectivity index (χ0v) is 11.7. The van der Waals surface area contributed by atoms with Crippen LogP contribution in [0.3, 0.4) is 0 Å². The Morgan fingerprint density at radius 1 is 1.33 bits per heavy atom. The number of nitrogens with one attached hydrogen (secondary N) is 2. The molecule has 0 radical (unpaired) electrons. The van der Waals surface area contributed by atoms with Crippen LogP contribution in [0, 0.1) is 6.92 Å². The van der Waals surface area contributed by atoms with Gasteiger partial charge >= 0.3 is 0 Å². The van der Waals surface area contributed by atoms with Crippen molar-refractivity contribution < 1.29 is 9.53 Å². The van der Waals surface area contributed by atoms with Crippen molar-refractivity contribution in [3.05, 3.63) is 29.8 Å². The molecule has 0 heterocycles. The zero-order valence-electron chi connectivity index (χ0n) is 10.9. The fraction of sp³-hybridized carbons (Fsp3) is 0.462. The molecule has 1 rings (SSSR count). The Balaban J connectivity index is 0.00000289. The molecule has 4 nitrogen and oxygen atoms in total. The highest BCUT2D eigenvalue weighted by atomic mass is 35.5. The minimum atomic E-state index is -0.0931. The lowest BCUT2D eigenvalue weighted by molar-refractivity contribution is -0.123. The van der Waals surface area contributed by atoms with E-state index < -0.39 is 0 Å². The molecule has 0 bridgehead atoms. The zero-order chi connectivity index (χ0) is 12.5. The predicted octanol–water partition coefficient (Wildman–Crippen LogP) is 1.52. The maximum absolute atomic E-state index is 11.4. The Morgan fingerprint density at radius 3 is 2.78 bits per heavy atom. The first kappa shape index (κ1) is 16.7. The lowest BCUT2D eigenvalue weighted by Gasteiger charge is -2.08. The van der Waals surface area contributed by atoms with Crippen LogP contribution in [-0.2, 0) is 4.79 Å². The molecule has 1 aromatic carbocycles. The van der Waals surface area contributed by atoms with E-state index in [0.29, 0.717) is 6.54 Å². The molecular formula is C13H21ClN2O2. The van der Waals surface area contributed by atoms with Crippen molar-refractivity contribution in [3.8, 4) is 5.75 Å². The Kier molecular flexibility index (Phi) is 9.06. The van der Waals surface area contributed by atoms with Crippen molar-refractivity contribution in [1.82, 2.24) is 10.6 Å². The highest BCUT2D eigenvalue weighted by molar-refractivity contribution is 5.85. The molecule has 0 aliphatic heterocycles. The maximum Gasteiger partial charge on any atom is 0.257 e. The Hall–Kier alpha value is -1.26. The second-order valence-electron chi connectivity index (χ2n) is 3.81. The summed E-state index contributed by atoms with van der Waals surface area (Å²) in [6.07, 6.45) is 0. The summed E-state index contributed by atoms with van der Waals surface area (Å²) in [6.45, 7) is 6.41. The number of hydrogen-bond donors (Lipinski definition) is 2. The van der Waals surface area contributed by atoms with Crippen molar-refractivity contribution in [2.45, 2.75) is 13.8 Å². The molecule has 1 amide bonds. The summed E-state index contributed by atoms with van der Waals surface area (Å²) >= 11 is 0. The number of carbonyl (C=O) groups excluding carboxylic acids is 1. The first-order chi connectivity index (χ1) is 8.22. The van der Waals surface area contributed by atoms with Gasteiger partial charge in [-0.25, -0.2) is 0 Å². The number of hydrogen-bond acceptors (Lipinski definition) is 3. The summed E-state index contributed by atoms with van der Waals surface area (Å²) in [5.41, 5.74) is 1.12. The van der Waals surface area contributed by atoms with Gasteiger partial charge < -0.3 is 15.4 Å². The normalized spacial score (nSPS) is 9.44.